The number of aryl methyl sites for hydroxylation is 1. The number of carbonyl (C=O) groups excluding carboxylic acids is 1. The second-order valence-electron chi connectivity index (χ2n) is 6.86. The van der Waals surface area contributed by atoms with Gasteiger partial charge in [0.25, 0.3) is 0 Å². The number of hydrogen-bond acceptors (Lipinski definition) is 5. The summed E-state index contributed by atoms with van der Waals surface area (Å²) in [4.78, 5) is 31.9. The molecule has 0 fully saturated rings. The Morgan fingerprint density at radius 3 is 2.71 bits per heavy atom. The van der Waals surface area contributed by atoms with E-state index in [2.05, 4.69) is 26.1 Å². The molecule has 3 aromatic rings. The Bertz CT molecular complexity index is 1170. The van der Waals surface area contributed by atoms with Crippen molar-refractivity contribution in [3.05, 3.63) is 87.6 Å². The molecule has 4 rings (SSSR count). The van der Waals surface area contributed by atoms with Gasteiger partial charge in [-0.15, -0.1) is 0 Å². The van der Waals surface area contributed by atoms with E-state index in [-0.39, 0.29) is 22.2 Å². The van der Waals surface area contributed by atoms with Crippen molar-refractivity contribution in [2.45, 2.75) is 18.9 Å². The van der Waals surface area contributed by atoms with Gasteiger partial charge in [-0.05, 0) is 42.2 Å². The highest BCUT2D eigenvalue weighted by atomic mass is 35.5. The molecule has 8 nitrogen and oxygen atoms in total. The van der Waals surface area contributed by atoms with Gasteiger partial charge in [-0.25, -0.2) is 19.0 Å². The Labute approximate surface area is 181 Å². The van der Waals surface area contributed by atoms with E-state index in [0.29, 0.717) is 24.0 Å². The van der Waals surface area contributed by atoms with Crippen molar-refractivity contribution >= 4 is 29.4 Å². The lowest BCUT2D eigenvalue weighted by molar-refractivity contribution is 0.0696. The number of hydrazine groups is 1. The molecule has 0 spiro atoms. The summed E-state index contributed by atoms with van der Waals surface area (Å²) in [5.74, 6) is -1.42. The molecule has 1 unspecified atom stereocenters. The zero-order chi connectivity index (χ0) is 22.0. The lowest BCUT2D eigenvalue weighted by Crippen LogP contribution is -2.41. The van der Waals surface area contributed by atoms with Gasteiger partial charge < -0.3 is 10.4 Å². The van der Waals surface area contributed by atoms with E-state index in [1.807, 2.05) is 6.07 Å². The molecule has 1 aliphatic carbocycles. The molecular weight excluding hydrogens is 425 g/mol. The first kappa shape index (κ1) is 20.5. The van der Waals surface area contributed by atoms with Crippen molar-refractivity contribution in [3.63, 3.8) is 0 Å². The van der Waals surface area contributed by atoms with Crippen LogP contribution in [-0.4, -0.2) is 27.1 Å². The van der Waals surface area contributed by atoms with E-state index in [4.69, 9.17) is 16.7 Å². The number of benzene rings is 1. The minimum atomic E-state index is -1.17. The number of aromatic carboxylic acids is 1. The van der Waals surface area contributed by atoms with Crippen LogP contribution < -0.4 is 16.2 Å². The summed E-state index contributed by atoms with van der Waals surface area (Å²) >= 11 is 6.01. The van der Waals surface area contributed by atoms with Crippen LogP contribution in [0.15, 0.2) is 48.8 Å². The van der Waals surface area contributed by atoms with Gasteiger partial charge >= 0.3 is 12.0 Å². The molecule has 2 aromatic heterocycles. The van der Waals surface area contributed by atoms with Gasteiger partial charge in [0.05, 0.1) is 16.6 Å². The average molecular weight is 442 g/mol. The zero-order valence-electron chi connectivity index (χ0n) is 16.0. The van der Waals surface area contributed by atoms with Crippen LogP contribution in [0.1, 0.15) is 38.8 Å². The third-order valence-corrected chi connectivity index (χ3v) is 5.26. The lowest BCUT2D eigenvalue weighted by Gasteiger charge is -2.22. The first-order valence-corrected chi connectivity index (χ1v) is 9.74. The Hall–Kier alpha value is -3.72. The summed E-state index contributed by atoms with van der Waals surface area (Å²) in [6.45, 7) is 0. The van der Waals surface area contributed by atoms with Crippen molar-refractivity contribution in [3.8, 4) is 0 Å². The fourth-order valence-corrected chi connectivity index (χ4v) is 3.74. The van der Waals surface area contributed by atoms with Gasteiger partial charge in [-0.3, -0.25) is 15.8 Å². The zero-order valence-corrected chi connectivity index (χ0v) is 16.8. The number of amides is 2. The Kier molecular flexibility index (Phi) is 5.68. The Morgan fingerprint density at radius 1 is 1.13 bits per heavy atom. The van der Waals surface area contributed by atoms with Crippen LogP contribution in [-0.2, 0) is 12.8 Å². The van der Waals surface area contributed by atoms with Crippen LogP contribution in [0.2, 0.25) is 5.02 Å². The number of carbonyl (C=O) groups is 2. The van der Waals surface area contributed by atoms with Crippen molar-refractivity contribution in [2.24, 2.45) is 0 Å². The SMILES string of the molecule is O=C(NNc1ncc(C(=O)O)cc1Cl)NC1c2cccnc2CCc2c(F)cccc21. The van der Waals surface area contributed by atoms with E-state index in [0.717, 1.165) is 17.5 Å². The number of anilines is 1. The molecule has 0 radical (unpaired) electrons. The second kappa shape index (κ2) is 8.57. The van der Waals surface area contributed by atoms with E-state index in [9.17, 15) is 14.0 Å². The van der Waals surface area contributed by atoms with Gasteiger partial charge in [0.2, 0.25) is 0 Å². The summed E-state index contributed by atoms with van der Waals surface area (Å²) in [6, 6.07) is 8.38. The summed E-state index contributed by atoms with van der Waals surface area (Å²) < 4.78 is 14.5. The van der Waals surface area contributed by atoms with Crippen molar-refractivity contribution in [1.82, 2.24) is 20.7 Å². The highest BCUT2D eigenvalue weighted by Gasteiger charge is 2.27. The number of pyridine rings is 2. The van der Waals surface area contributed by atoms with Crippen molar-refractivity contribution in [2.75, 3.05) is 5.43 Å². The number of nitrogens with one attached hydrogen (secondary N) is 3. The second-order valence-corrected chi connectivity index (χ2v) is 7.27. The highest BCUT2D eigenvalue weighted by molar-refractivity contribution is 6.33. The molecule has 1 aromatic carbocycles. The molecular formula is C21H17ClFN5O3. The number of carboxylic acid groups (broad SMARTS) is 1. The predicted octanol–water partition coefficient (Wildman–Crippen LogP) is 3.48. The van der Waals surface area contributed by atoms with Gasteiger partial charge in [0, 0.05) is 23.7 Å². The molecule has 4 N–H and O–H groups in total. The van der Waals surface area contributed by atoms with Crippen LogP contribution in [0.25, 0.3) is 0 Å². The normalized spacial score (nSPS) is 14.6. The summed E-state index contributed by atoms with van der Waals surface area (Å²) in [5.41, 5.74) is 7.65. The van der Waals surface area contributed by atoms with Gasteiger partial charge in [0.15, 0.2) is 5.82 Å². The number of halogens is 2. The molecule has 0 saturated heterocycles. The first-order valence-electron chi connectivity index (χ1n) is 9.36. The monoisotopic (exact) mass is 441 g/mol. The van der Waals surface area contributed by atoms with Crippen LogP contribution in [0.5, 0.6) is 0 Å². The molecule has 31 heavy (non-hydrogen) atoms. The van der Waals surface area contributed by atoms with Crippen molar-refractivity contribution in [1.29, 1.82) is 0 Å². The molecule has 1 aliphatic rings. The first-order chi connectivity index (χ1) is 14.9. The number of fused-ring (bicyclic) bond motifs is 2. The summed E-state index contributed by atoms with van der Waals surface area (Å²) in [6.07, 6.45) is 3.80. The van der Waals surface area contributed by atoms with E-state index in [1.54, 1.807) is 24.4 Å². The minimum Gasteiger partial charge on any atom is -0.478 e. The average Bonchev–Trinajstić information content (AvgIpc) is 2.91. The summed E-state index contributed by atoms with van der Waals surface area (Å²) in [5, 5.41) is 11.8. The standard InChI is InChI=1S/C21H17ClFN5O3/c22-15-9-11(20(29)30)10-25-19(15)27-28-21(31)26-18-13-3-1-5-16(23)12(13)6-7-17-14(18)4-2-8-24-17/h1-5,8-10,18H,6-7H2,(H,25,27)(H,29,30)(H2,26,28,31). The quantitative estimate of drug-likeness (QED) is 0.461. The maximum atomic E-state index is 14.5. The van der Waals surface area contributed by atoms with Crippen molar-refractivity contribution < 1.29 is 19.1 Å². The molecule has 2 heterocycles. The number of urea groups is 1. The minimum absolute atomic E-state index is 0.0247. The van der Waals surface area contributed by atoms with Gasteiger partial charge in [-0.1, -0.05) is 29.8 Å². The molecule has 0 saturated carbocycles. The molecule has 1 atom stereocenters. The van der Waals surface area contributed by atoms with E-state index >= 15 is 0 Å². The van der Waals surface area contributed by atoms with Gasteiger partial charge in [-0.2, -0.15) is 0 Å². The number of hydrogen-bond donors (Lipinski definition) is 4. The molecule has 158 valence electrons. The number of nitrogens with zero attached hydrogens (tertiary/aromatic N) is 2. The smallest absolute Gasteiger partial charge is 0.337 e. The number of aromatic nitrogens is 2. The summed E-state index contributed by atoms with van der Waals surface area (Å²) in [7, 11) is 0. The molecule has 0 bridgehead atoms. The highest BCUT2D eigenvalue weighted by Crippen LogP contribution is 2.32. The lowest BCUT2D eigenvalue weighted by atomic mass is 9.96. The maximum Gasteiger partial charge on any atom is 0.337 e. The van der Waals surface area contributed by atoms with E-state index < -0.39 is 18.0 Å². The number of carboxylic acids is 1. The third kappa shape index (κ3) is 4.26. The predicted molar refractivity (Wildman–Crippen MR) is 111 cm³/mol. The largest absolute Gasteiger partial charge is 0.478 e. The fourth-order valence-electron chi connectivity index (χ4n) is 3.53. The Balaban J connectivity index is 1.55. The molecule has 0 aliphatic heterocycles. The fraction of sp³-hybridized carbons (Fsp3) is 0.143. The molecule has 10 heteroatoms. The topological polar surface area (TPSA) is 116 Å². The van der Waals surface area contributed by atoms with E-state index in [1.165, 1.54) is 12.1 Å². The third-order valence-electron chi connectivity index (χ3n) is 4.97. The molecule has 2 amide bonds. The number of rotatable bonds is 4. The maximum absolute atomic E-state index is 14.5. The van der Waals surface area contributed by atoms with Gasteiger partial charge in [0.1, 0.15) is 5.82 Å². The van der Waals surface area contributed by atoms with Crippen LogP contribution >= 0.6 is 11.6 Å². The Morgan fingerprint density at radius 2 is 1.94 bits per heavy atom. The van der Waals surface area contributed by atoms with Crippen LogP contribution in [0.4, 0.5) is 15.0 Å². The van der Waals surface area contributed by atoms with Crippen LogP contribution in [0, 0.1) is 5.82 Å². The van der Waals surface area contributed by atoms with Crippen LogP contribution in [0.3, 0.4) is 0 Å².